The van der Waals surface area contributed by atoms with E-state index in [1.54, 1.807) is 18.2 Å². The fraction of sp³-hybridized carbons (Fsp3) is 0.0625. The SMILES string of the molecule is COC(=O)c1n[nH]c2ccc(NC(=O)c3ccc(F)cc3Cl)cc12. The average Bonchev–Trinajstić information content (AvgIpc) is 2.97. The second-order valence-corrected chi connectivity index (χ2v) is 5.31. The van der Waals surface area contributed by atoms with E-state index in [2.05, 4.69) is 20.3 Å². The van der Waals surface area contributed by atoms with Gasteiger partial charge in [-0.3, -0.25) is 9.89 Å². The Labute approximate surface area is 140 Å². The maximum absolute atomic E-state index is 13.1. The van der Waals surface area contributed by atoms with E-state index in [4.69, 9.17) is 11.6 Å². The summed E-state index contributed by atoms with van der Waals surface area (Å²) in [6.07, 6.45) is 0. The number of rotatable bonds is 3. The number of carbonyl (C=O) groups is 2. The van der Waals surface area contributed by atoms with Crippen molar-refractivity contribution in [1.82, 2.24) is 10.2 Å². The molecule has 8 heteroatoms. The van der Waals surface area contributed by atoms with Crippen LogP contribution >= 0.6 is 11.6 Å². The highest BCUT2D eigenvalue weighted by atomic mass is 35.5. The molecule has 0 radical (unpaired) electrons. The van der Waals surface area contributed by atoms with Crippen LogP contribution in [0.25, 0.3) is 10.9 Å². The topological polar surface area (TPSA) is 84.1 Å². The molecular formula is C16H11ClFN3O3. The van der Waals surface area contributed by atoms with E-state index < -0.39 is 17.7 Å². The van der Waals surface area contributed by atoms with Crippen LogP contribution in [0.5, 0.6) is 0 Å². The van der Waals surface area contributed by atoms with E-state index in [0.717, 1.165) is 12.1 Å². The summed E-state index contributed by atoms with van der Waals surface area (Å²) < 4.78 is 17.7. The van der Waals surface area contributed by atoms with E-state index in [1.807, 2.05) is 0 Å². The number of methoxy groups -OCH3 is 1. The van der Waals surface area contributed by atoms with Gasteiger partial charge in [-0.1, -0.05) is 11.6 Å². The molecule has 0 spiro atoms. The van der Waals surface area contributed by atoms with Crippen molar-refractivity contribution in [2.24, 2.45) is 0 Å². The molecule has 0 unspecified atom stereocenters. The highest BCUT2D eigenvalue weighted by molar-refractivity contribution is 6.34. The molecule has 3 rings (SSSR count). The lowest BCUT2D eigenvalue weighted by molar-refractivity contribution is 0.0596. The van der Waals surface area contributed by atoms with Gasteiger partial charge < -0.3 is 10.1 Å². The Balaban J connectivity index is 1.92. The minimum atomic E-state index is -0.591. The molecule has 6 nitrogen and oxygen atoms in total. The molecule has 0 aliphatic carbocycles. The number of benzene rings is 2. The third-order valence-electron chi connectivity index (χ3n) is 3.38. The zero-order chi connectivity index (χ0) is 17.3. The number of amides is 1. The van der Waals surface area contributed by atoms with Crippen molar-refractivity contribution >= 4 is 40.1 Å². The number of fused-ring (bicyclic) bond motifs is 1. The maximum Gasteiger partial charge on any atom is 0.359 e. The van der Waals surface area contributed by atoms with Crippen LogP contribution in [-0.4, -0.2) is 29.2 Å². The molecule has 0 fully saturated rings. The fourth-order valence-electron chi connectivity index (χ4n) is 2.22. The normalized spacial score (nSPS) is 10.6. The lowest BCUT2D eigenvalue weighted by Crippen LogP contribution is -2.12. The molecule has 2 N–H and O–H groups in total. The molecule has 1 heterocycles. The molecular weight excluding hydrogens is 337 g/mol. The van der Waals surface area contributed by atoms with E-state index >= 15 is 0 Å². The van der Waals surface area contributed by atoms with E-state index in [1.165, 1.54) is 13.2 Å². The number of H-pyrrole nitrogens is 1. The van der Waals surface area contributed by atoms with Gasteiger partial charge in [0.15, 0.2) is 5.69 Å². The van der Waals surface area contributed by atoms with Gasteiger partial charge in [-0.05, 0) is 36.4 Å². The fourth-order valence-corrected chi connectivity index (χ4v) is 2.47. The van der Waals surface area contributed by atoms with Crippen molar-refractivity contribution in [2.75, 3.05) is 12.4 Å². The Bertz CT molecular complexity index is 955. The molecule has 3 aromatic rings. The minimum absolute atomic E-state index is 0.00661. The predicted molar refractivity (Wildman–Crippen MR) is 86.8 cm³/mol. The number of aromatic nitrogens is 2. The molecule has 122 valence electrons. The van der Waals surface area contributed by atoms with E-state index in [-0.39, 0.29) is 16.3 Å². The highest BCUT2D eigenvalue weighted by Crippen LogP contribution is 2.23. The average molecular weight is 348 g/mol. The van der Waals surface area contributed by atoms with Crippen LogP contribution in [0.4, 0.5) is 10.1 Å². The molecule has 1 amide bonds. The predicted octanol–water partition coefficient (Wildman–Crippen LogP) is 3.39. The van der Waals surface area contributed by atoms with Crippen molar-refractivity contribution in [3.8, 4) is 0 Å². The van der Waals surface area contributed by atoms with Crippen molar-refractivity contribution in [2.45, 2.75) is 0 Å². The monoisotopic (exact) mass is 347 g/mol. The lowest BCUT2D eigenvalue weighted by Gasteiger charge is -2.07. The van der Waals surface area contributed by atoms with E-state index in [0.29, 0.717) is 16.6 Å². The number of nitrogens with one attached hydrogen (secondary N) is 2. The number of ether oxygens (including phenoxy) is 1. The smallest absolute Gasteiger partial charge is 0.359 e. The first-order valence-corrected chi connectivity index (χ1v) is 7.20. The molecule has 0 saturated carbocycles. The van der Waals surface area contributed by atoms with Crippen LogP contribution < -0.4 is 5.32 Å². The molecule has 0 bridgehead atoms. The molecule has 0 aliphatic rings. The van der Waals surface area contributed by atoms with Crippen molar-refractivity contribution in [3.05, 3.63) is 58.5 Å². The lowest BCUT2D eigenvalue weighted by atomic mass is 10.1. The molecule has 24 heavy (non-hydrogen) atoms. The molecule has 2 aromatic carbocycles. The number of carbonyl (C=O) groups excluding carboxylic acids is 2. The molecule has 0 atom stereocenters. The van der Waals surface area contributed by atoms with Crippen LogP contribution in [-0.2, 0) is 4.74 Å². The van der Waals surface area contributed by atoms with Gasteiger partial charge in [0.25, 0.3) is 5.91 Å². The largest absolute Gasteiger partial charge is 0.464 e. The third-order valence-corrected chi connectivity index (χ3v) is 3.69. The number of aromatic amines is 1. The van der Waals surface area contributed by atoms with Crippen LogP contribution in [0.1, 0.15) is 20.8 Å². The van der Waals surface area contributed by atoms with Gasteiger partial charge >= 0.3 is 5.97 Å². The van der Waals surface area contributed by atoms with Crippen LogP contribution in [0, 0.1) is 5.82 Å². The van der Waals surface area contributed by atoms with Crippen molar-refractivity contribution in [1.29, 1.82) is 0 Å². The Morgan fingerprint density at radius 2 is 2.04 bits per heavy atom. The van der Waals surface area contributed by atoms with Gasteiger partial charge in [0, 0.05) is 11.1 Å². The number of hydrogen-bond donors (Lipinski definition) is 2. The third kappa shape index (κ3) is 2.93. The number of hydrogen-bond acceptors (Lipinski definition) is 4. The van der Waals surface area contributed by atoms with Crippen LogP contribution in [0.2, 0.25) is 5.02 Å². The number of anilines is 1. The Morgan fingerprint density at radius 3 is 2.75 bits per heavy atom. The summed E-state index contributed by atoms with van der Waals surface area (Å²) in [7, 11) is 1.25. The quantitative estimate of drug-likeness (QED) is 0.711. The Hall–Kier alpha value is -2.93. The van der Waals surface area contributed by atoms with Crippen LogP contribution in [0.15, 0.2) is 36.4 Å². The summed E-state index contributed by atoms with van der Waals surface area (Å²) in [6.45, 7) is 0. The first kappa shape index (κ1) is 15.9. The van der Waals surface area contributed by atoms with Crippen molar-refractivity contribution < 1.29 is 18.7 Å². The summed E-state index contributed by atoms with van der Waals surface area (Å²) in [4.78, 5) is 23.9. The first-order valence-electron chi connectivity index (χ1n) is 6.82. The first-order chi connectivity index (χ1) is 11.5. The summed E-state index contributed by atoms with van der Waals surface area (Å²) in [6, 6.07) is 8.39. The number of esters is 1. The van der Waals surface area contributed by atoms with Gasteiger partial charge in [0.2, 0.25) is 0 Å². The van der Waals surface area contributed by atoms with E-state index in [9.17, 15) is 14.0 Å². The Morgan fingerprint density at radius 1 is 1.25 bits per heavy atom. The van der Waals surface area contributed by atoms with Gasteiger partial charge in [-0.2, -0.15) is 5.10 Å². The number of nitrogens with zero attached hydrogens (tertiary/aromatic N) is 1. The van der Waals surface area contributed by atoms with Gasteiger partial charge in [-0.15, -0.1) is 0 Å². The molecule has 0 aliphatic heterocycles. The minimum Gasteiger partial charge on any atom is -0.464 e. The summed E-state index contributed by atoms with van der Waals surface area (Å²) >= 11 is 5.88. The second kappa shape index (κ2) is 6.29. The summed E-state index contributed by atoms with van der Waals surface area (Å²) in [5.41, 5.74) is 1.30. The van der Waals surface area contributed by atoms with Crippen molar-refractivity contribution in [3.63, 3.8) is 0 Å². The molecule has 1 aromatic heterocycles. The number of halogens is 2. The van der Waals surface area contributed by atoms with Crippen LogP contribution in [0.3, 0.4) is 0 Å². The zero-order valence-corrected chi connectivity index (χ0v) is 13.1. The summed E-state index contributed by atoms with van der Waals surface area (Å²) in [5.74, 6) is -1.62. The second-order valence-electron chi connectivity index (χ2n) is 4.90. The molecule has 0 saturated heterocycles. The Kier molecular flexibility index (Phi) is 4.18. The summed E-state index contributed by atoms with van der Waals surface area (Å²) in [5, 5.41) is 9.75. The van der Waals surface area contributed by atoms with Gasteiger partial charge in [0.05, 0.1) is 23.2 Å². The van der Waals surface area contributed by atoms with Gasteiger partial charge in [0.1, 0.15) is 5.82 Å². The zero-order valence-electron chi connectivity index (χ0n) is 12.4. The van der Waals surface area contributed by atoms with Gasteiger partial charge in [-0.25, -0.2) is 9.18 Å². The maximum atomic E-state index is 13.1. The highest BCUT2D eigenvalue weighted by Gasteiger charge is 2.16. The standard InChI is InChI=1S/C16H11ClFN3O3/c1-24-16(23)14-11-7-9(3-5-13(11)20-21-14)19-15(22)10-4-2-8(18)6-12(10)17/h2-7H,1H3,(H,19,22)(H,20,21).